The van der Waals surface area contributed by atoms with E-state index in [4.69, 9.17) is 4.74 Å². The molecular formula is C17H24FN5O2. The highest BCUT2D eigenvalue weighted by Crippen LogP contribution is 2.19. The van der Waals surface area contributed by atoms with Gasteiger partial charge in [-0.2, -0.15) is 0 Å². The van der Waals surface area contributed by atoms with Crippen LogP contribution < -0.4 is 10.6 Å². The second kappa shape index (κ2) is 9.24. The van der Waals surface area contributed by atoms with Gasteiger partial charge in [-0.1, -0.05) is 26.0 Å². The largest absolute Gasteiger partial charge is 0.383 e. The molecule has 1 aromatic heterocycles. The van der Waals surface area contributed by atoms with Gasteiger partial charge >= 0.3 is 0 Å². The number of hydrogen-bond acceptors (Lipinski definition) is 5. The van der Waals surface area contributed by atoms with Gasteiger partial charge in [0.05, 0.1) is 6.61 Å². The molecule has 0 aliphatic carbocycles. The van der Waals surface area contributed by atoms with Crippen LogP contribution >= 0.6 is 0 Å². The lowest BCUT2D eigenvalue weighted by molar-refractivity contribution is 0.0943. The van der Waals surface area contributed by atoms with E-state index < -0.39 is 5.82 Å². The minimum Gasteiger partial charge on any atom is -0.383 e. The fourth-order valence-electron chi connectivity index (χ4n) is 2.24. The van der Waals surface area contributed by atoms with Crippen LogP contribution in [-0.2, 0) is 4.74 Å². The number of methoxy groups -OCH3 is 1. The first kappa shape index (κ1) is 19.0. The average molecular weight is 349 g/mol. The summed E-state index contributed by atoms with van der Waals surface area (Å²) in [6.45, 7) is 6.21. The van der Waals surface area contributed by atoms with Crippen LogP contribution in [0.4, 0.5) is 4.39 Å². The highest BCUT2D eigenvalue weighted by Gasteiger charge is 2.20. The molecule has 0 aliphatic rings. The topological polar surface area (TPSA) is 81.1 Å². The third-order valence-electron chi connectivity index (χ3n) is 3.50. The molecule has 25 heavy (non-hydrogen) atoms. The van der Waals surface area contributed by atoms with Gasteiger partial charge in [-0.05, 0) is 12.1 Å². The third-order valence-corrected chi connectivity index (χ3v) is 3.50. The monoisotopic (exact) mass is 349 g/mol. The molecule has 2 N–H and O–H groups in total. The van der Waals surface area contributed by atoms with E-state index in [1.165, 1.54) is 10.7 Å². The summed E-state index contributed by atoms with van der Waals surface area (Å²) in [7, 11) is 1.63. The first-order valence-corrected chi connectivity index (χ1v) is 8.24. The van der Waals surface area contributed by atoms with E-state index in [-0.39, 0.29) is 23.3 Å². The highest BCUT2D eigenvalue weighted by atomic mass is 19.1. The number of para-hydroxylation sites is 1. The van der Waals surface area contributed by atoms with E-state index in [0.717, 1.165) is 0 Å². The molecule has 136 valence electrons. The lowest BCUT2D eigenvalue weighted by Gasteiger charge is -2.08. The first-order chi connectivity index (χ1) is 12.0. The van der Waals surface area contributed by atoms with Crippen LogP contribution in [0.5, 0.6) is 0 Å². The zero-order valence-corrected chi connectivity index (χ0v) is 14.8. The summed E-state index contributed by atoms with van der Waals surface area (Å²) in [6, 6.07) is 6.29. The Kier molecular flexibility index (Phi) is 7.03. The molecule has 0 atom stereocenters. The Morgan fingerprint density at radius 1 is 1.28 bits per heavy atom. The van der Waals surface area contributed by atoms with E-state index >= 15 is 0 Å². The normalized spacial score (nSPS) is 11.1. The zero-order chi connectivity index (χ0) is 18.2. The predicted octanol–water partition coefficient (Wildman–Crippen LogP) is 1.50. The number of aromatic nitrogens is 3. The van der Waals surface area contributed by atoms with Crippen LogP contribution in [0.15, 0.2) is 24.3 Å². The van der Waals surface area contributed by atoms with Crippen LogP contribution in [-0.4, -0.2) is 54.0 Å². The van der Waals surface area contributed by atoms with Crippen molar-refractivity contribution in [1.82, 2.24) is 25.4 Å². The van der Waals surface area contributed by atoms with Crippen molar-refractivity contribution >= 4 is 5.91 Å². The molecule has 1 heterocycles. The number of nitrogens with one attached hydrogen (secondary N) is 2. The molecule has 8 heteroatoms. The van der Waals surface area contributed by atoms with Gasteiger partial charge < -0.3 is 15.4 Å². The van der Waals surface area contributed by atoms with E-state index in [1.54, 1.807) is 25.3 Å². The maximum Gasteiger partial charge on any atom is 0.291 e. The van der Waals surface area contributed by atoms with E-state index in [9.17, 15) is 9.18 Å². The van der Waals surface area contributed by atoms with Crippen molar-refractivity contribution in [3.05, 3.63) is 41.7 Å². The predicted molar refractivity (Wildman–Crippen MR) is 92.5 cm³/mol. The van der Waals surface area contributed by atoms with Gasteiger partial charge in [0.15, 0.2) is 0 Å². The average Bonchev–Trinajstić information content (AvgIpc) is 3.03. The molecule has 1 aromatic carbocycles. The summed E-state index contributed by atoms with van der Waals surface area (Å²) >= 11 is 0. The number of nitrogens with zero attached hydrogens (tertiary/aromatic N) is 3. The van der Waals surface area contributed by atoms with Gasteiger partial charge in [0.25, 0.3) is 5.91 Å². The minimum atomic E-state index is -0.413. The Labute approximate surface area is 146 Å². The third kappa shape index (κ3) is 5.07. The van der Waals surface area contributed by atoms with E-state index in [1.807, 2.05) is 13.8 Å². The fraction of sp³-hybridized carbons (Fsp3) is 0.471. The SMILES string of the molecule is COCCNCCNC(=O)c1nc(C(C)C)n(-c2ccccc2F)n1. The van der Waals surface area contributed by atoms with Crippen LogP contribution in [0.1, 0.15) is 36.2 Å². The zero-order valence-electron chi connectivity index (χ0n) is 14.8. The van der Waals surface area contributed by atoms with Crippen molar-refractivity contribution in [2.24, 2.45) is 0 Å². The number of halogens is 1. The molecule has 2 rings (SSSR count). The molecule has 0 fully saturated rings. The van der Waals surface area contributed by atoms with Crippen molar-refractivity contribution in [3.8, 4) is 5.69 Å². The van der Waals surface area contributed by atoms with Crippen molar-refractivity contribution in [2.75, 3.05) is 33.4 Å². The van der Waals surface area contributed by atoms with Gasteiger partial charge in [-0.3, -0.25) is 4.79 Å². The summed E-state index contributed by atoms with van der Waals surface area (Å²) in [5, 5.41) is 10.1. The molecule has 0 bridgehead atoms. The minimum absolute atomic E-state index is 0.00985. The fourth-order valence-corrected chi connectivity index (χ4v) is 2.24. The molecular weight excluding hydrogens is 325 g/mol. The molecule has 1 amide bonds. The lowest BCUT2D eigenvalue weighted by Crippen LogP contribution is -2.33. The Morgan fingerprint density at radius 2 is 2.04 bits per heavy atom. The maximum absolute atomic E-state index is 14.1. The number of carbonyl (C=O) groups is 1. The second-order valence-corrected chi connectivity index (χ2v) is 5.81. The van der Waals surface area contributed by atoms with Gasteiger partial charge in [0.2, 0.25) is 5.82 Å². The lowest BCUT2D eigenvalue weighted by atomic mass is 10.2. The number of amides is 1. The van der Waals surface area contributed by atoms with Crippen LogP contribution in [0.2, 0.25) is 0 Å². The van der Waals surface area contributed by atoms with E-state index in [2.05, 4.69) is 20.7 Å². The second-order valence-electron chi connectivity index (χ2n) is 5.81. The van der Waals surface area contributed by atoms with Gasteiger partial charge in [-0.15, -0.1) is 5.10 Å². The smallest absolute Gasteiger partial charge is 0.291 e. The van der Waals surface area contributed by atoms with Crippen molar-refractivity contribution in [3.63, 3.8) is 0 Å². The van der Waals surface area contributed by atoms with Gasteiger partial charge in [0, 0.05) is 32.7 Å². The van der Waals surface area contributed by atoms with Crippen LogP contribution in [0.25, 0.3) is 5.69 Å². The quantitative estimate of drug-likeness (QED) is 0.671. The van der Waals surface area contributed by atoms with Gasteiger partial charge in [0.1, 0.15) is 17.3 Å². The summed E-state index contributed by atoms with van der Waals surface area (Å²) in [6.07, 6.45) is 0. The number of carbonyl (C=O) groups excluding carboxylic acids is 1. The Morgan fingerprint density at radius 3 is 2.72 bits per heavy atom. The summed E-state index contributed by atoms with van der Waals surface area (Å²) in [5.74, 6) is -0.240. The van der Waals surface area contributed by atoms with Crippen molar-refractivity contribution < 1.29 is 13.9 Å². The van der Waals surface area contributed by atoms with Crippen molar-refractivity contribution in [2.45, 2.75) is 19.8 Å². The molecule has 0 saturated carbocycles. The molecule has 7 nitrogen and oxygen atoms in total. The first-order valence-electron chi connectivity index (χ1n) is 8.24. The molecule has 0 spiro atoms. The molecule has 0 saturated heterocycles. The molecule has 2 aromatic rings. The molecule has 0 radical (unpaired) electrons. The maximum atomic E-state index is 14.1. The number of ether oxygens (including phenoxy) is 1. The summed E-state index contributed by atoms with van der Waals surface area (Å²) in [5.41, 5.74) is 0.277. The molecule has 0 aliphatic heterocycles. The highest BCUT2D eigenvalue weighted by molar-refractivity contribution is 5.90. The van der Waals surface area contributed by atoms with Gasteiger partial charge in [-0.25, -0.2) is 14.1 Å². The summed E-state index contributed by atoms with van der Waals surface area (Å²) < 4.78 is 20.4. The number of hydrogen-bond donors (Lipinski definition) is 2. The van der Waals surface area contributed by atoms with Crippen molar-refractivity contribution in [1.29, 1.82) is 0 Å². The Balaban J connectivity index is 2.08. The standard InChI is InChI=1S/C17H24FN5O2/c1-12(2)16-21-15(17(24)20-9-8-19-10-11-25-3)22-23(16)14-7-5-4-6-13(14)18/h4-7,12,19H,8-11H2,1-3H3,(H,20,24). The van der Waals surface area contributed by atoms with E-state index in [0.29, 0.717) is 32.1 Å². The van der Waals surface area contributed by atoms with Crippen LogP contribution in [0, 0.1) is 5.82 Å². The Hall–Kier alpha value is -2.32. The summed E-state index contributed by atoms with van der Waals surface area (Å²) in [4.78, 5) is 16.5. The van der Waals surface area contributed by atoms with Crippen LogP contribution in [0.3, 0.4) is 0 Å². The number of rotatable bonds is 9. The molecule has 0 unspecified atom stereocenters. The Bertz CT molecular complexity index is 702. The number of benzene rings is 1.